The van der Waals surface area contributed by atoms with Crippen LogP contribution < -0.4 is 20.7 Å². The van der Waals surface area contributed by atoms with Gasteiger partial charge < -0.3 is 30.7 Å². The van der Waals surface area contributed by atoms with Crippen LogP contribution in [0.1, 0.15) is 56.7 Å². The topological polar surface area (TPSA) is 120 Å². The third kappa shape index (κ3) is 9.20. The van der Waals surface area contributed by atoms with Crippen molar-refractivity contribution >= 4 is 17.7 Å². The number of hydrogen-bond donors (Lipinski definition) is 4. The standard InChI is InChI=1S/C38H49FN4O5/c1-5-26(2)38(42-27(3)44)20-21-43(37(38)47)34(19-18-28-12-7-6-8-13-28)36(46)41-33(23-30-15-9-10-17-32(30)39)35(45)25-40-24-29-14-11-16-31(22-29)48-4/h6-17,22,26,33-35,40,45H,5,18-21,23-25H2,1-4H3,(H,41,46)(H,42,44)/t26-,33-,34-,35-,38-/m0/s1. The summed E-state index contributed by atoms with van der Waals surface area (Å²) in [5, 5.41) is 20.6. The average molecular weight is 661 g/mol. The molecule has 5 atom stereocenters. The maximum absolute atomic E-state index is 14.8. The first kappa shape index (κ1) is 36.6. The molecule has 3 amide bonds. The van der Waals surface area contributed by atoms with Gasteiger partial charge in [-0.2, -0.15) is 0 Å². The highest BCUT2D eigenvalue weighted by molar-refractivity contribution is 5.96. The maximum atomic E-state index is 14.8. The van der Waals surface area contributed by atoms with Gasteiger partial charge in [0.05, 0.1) is 19.3 Å². The molecule has 0 unspecified atom stereocenters. The lowest BCUT2D eigenvalue weighted by Crippen LogP contribution is -2.60. The molecule has 1 aliphatic rings. The Morgan fingerprint density at radius 1 is 1.04 bits per heavy atom. The van der Waals surface area contributed by atoms with E-state index in [0.29, 0.717) is 50.1 Å². The van der Waals surface area contributed by atoms with Gasteiger partial charge in [0, 0.05) is 26.6 Å². The van der Waals surface area contributed by atoms with E-state index in [1.54, 1.807) is 30.2 Å². The summed E-state index contributed by atoms with van der Waals surface area (Å²) in [5.41, 5.74) is 1.21. The molecular formula is C38H49FN4O5. The molecule has 1 saturated heterocycles. The van der Waals surface area contributed by atoms with Crippen LogP contribution in [0, 0.1) is 11.7 Å². The summed E-state index contributed by atoms with van der Waals surface area (Å²) < 4.78 is 20.2. The average Bonchev–Trinajstić information content (AvgIpc) is 3.40. The Labute approximate surface area is 283 Å². The number of methoxy groups -OCH3 is 1. The number of halogens is 1. The second kappa shape index (κ2) is 17.2. The van der Waals surface area contributed by atoms with Gasteiger partial charge in [-0.3, -0.25) is 14.4 Å². The van der Waals surface area contributed by atoms with Crippen LogP contribution in [0.3, 0.4) is 0 Å². The molecule has 0 spiro atoms. The fourth-order valence-corrected chi connectivity index (χ4v) is 6.55. The van der Waals surface area contributed by atoms with E-state index in [0.717, 1.165) is 11.1 Å². The third-order valence-corrected chi connectivity index (χ3v) is 9.48. The highest BCUT2D eigenvalue weighted by Crippen LogP contribution is 2.34. The molecule has 0 saturated carbocycles. The van der Waals surface area contributed by atoms with Gasteiger partial charge in [0.2, 0.25) is 17.7 Å². The number of rotatable bonds is 17. The normalized spacial score (nSPS) is 18.5. The monoisotopic (exact) mass is 660 g/mol. The number of carbonyl (C=O) groups is 3. The quantitative estimate of drug-likeness (QED) is 0.173. The summed E-state index contributed by atoms with van der Waals surface area (Å²) in [6.45, 7) is 6.16. The molecule has 10 heteroatoms. The first-order valence-electron chi connectivity index (χ1n) is 16.8. The molecule has 4 rings (SSSR count). The second-order valence-corrected chi connectivity index (χ2v) is 12.7. The Morgan fingerprint density at radius 3 is 2.44 bits per heavy atom. The fraction of sp³-hybridized carbons (Fsp3) is 0.447. The molecule has 4 N–H and O–H groups in total. The molecule has 3 aromatic carbocycles. The minimum Gasteiger partial charge on any atom is -0.497 e. The lowest BCUT2D eigenvalue weighted by molar-refractivity contribution is -0.144. The third-order valence-electron chi connectivity index (χ3n) is 9.48. The maximum Gasteiger partial charge on any atom is 0.249 e. The van der Waals surface area contributed by atoms with Crippen LogP contribution in [-0.2, 0) is 33.8 Å². The Bertz CT molecular complexity index is 1520. The number of aryl methyl sites for hydroxylation is 1. The zero-order chi connectivity index (χ0) is 34.7. The number of likely N-dealkylation sites (tertiary alicyclic amines) is 1. The van der Waals surface area contributed by atoms with E-state index in [9.17, 15) is 23.9 Å². The summed E-state index contributed by atoms with van der Waals surface area (Å²) >= 11 is 0. The molecule has 9 nitrogen and oxygen atoms in total. The first-order valence-corrected chi connectivity index (χ1v) is 16.8. The zero-order valence-corrected chi connectivity index (χ0v) is 28.4. The van der Waals surface area contributed by atoms with Crippen molar-refractivity contribution in [2.75, 3.05) is 20.2 Å². The van der Waals surface area contributed by atoms with Gasteiger partial charge in [0.25, 0.3) is 0 Å². The molecule has 0 aromatic heterocycles. The van der Waals surface area contributed by atoms with Crippen LogP contribution in [0.15, 0.2) is 78.9 Å². The SMILES string of the molecule is CC[C@H](C)[C@@]1(NC(C)=O)CCN([C@@H](CCc2ccccc2)C(=O)N[C@@H](Cc2ccccc2F)[C@@H](O)CNCc2cccc(OC)c2)C1=O. The number of benzene rings is 3. The van der Waals surface area contributed by atoms with Gasteiger partial charge >= 0.3 is 0 Å². The van der Waals surface area contributed by atoms with Crippen molar-refractivity contribution in [1.82, 2.24) is 20.9 Å². The van der Waals surface area contributed by atoms with Crippen molar-refractivity contribution in [2.45, 2.75) is 83.1 Å². The molecule has 0 aliphatic carbocycles. The number of nitrogens with one attached hydrogen (secondary N) is 3. The molecule has 0 bridgehead atoms. The largest absolute Gasteiger partial charge is 0.497 e. The van der Waals surface area contributed by atoms with Gasteiger partial charge in [-0.05, 0) is 66.5 Å². The number of aliphatic hydroxyl groups excluding tert-OH is 1. The van der Waals surface area contributed by atoms with Crippen LogP contribution in [0.2, 0.25) is 0 Å². The van der Waals surface area contributed by atoms with Crippen LogP contribution >= 0.6 is 0 Å². The van der Waals surface area contributed by atoms with E-state index >= 15 is 0 Å². The van der Waals surface area contributed by atoms with E-state index in [2.05, 4.69) is 16.0 Å². The summed E-state index contributed by atoms with van der Waals surface area (Å²) in [7, 11) is 1.60. The van der Waals surface area contributed by atoms with E-state index < -0.39 is 35.5 Å². The van der Waals surface area contributed by atoms with Crippen LogP contribution in [0.25, 0.3) is 0 Å². The lowest BCUT2D eigenvalue weighted by atomic mass is 9.81. The van der Waals surface area contributed by atoms with Gasteiger partial charge in [-0.25, -0.2) is 4.39 Å². The second-order valence-electron chi connectivity index (χ2n) is 12.7. The Kier molecular flexibility index (Phi) is 13.1. The fourth-order valence-electron chi connectivity index (χ4n) is 6.55. The van der Waals surface area contributed by atoms with Crippen molar-refractivity contribution in [3.8, 4) is 5.75 Å². The van der Waals surface area contributed by atoms with Crippen molar-refractivity contribution in [2.24, 2.45) is 5.92 Å². The summed E-state index contributed by atoms with van der Waals surface area (Å²) in [5.74, 6) is -0.888. The molecule has 1 aliphatic heterocycles. The molecule has 0 radical (unpaired) electrons. The first-order chi connectivity index (χ1) is 23.1. The molecular weight excluding hydrogens is 611 g/mol. The smallest absolute Gasteiger partial charge is 0.249 e. The Morgan fingerprint density at radius 2 is 1.75 bits per heavy atom. The number of nitrogens with zero attached hydrogens (tertiary/aromatic N) is 1. The van der Waals surface area contributed by atoms with Crippen LogP contribution in [-0.4, -0.2) is 71.7 Å². The van der Waals surface area contributed by atoms with Gasteiger partial charge in [-0.15, -0.1) is 0 Å². The number of hydrogen-bond acceptors (Lipinski definition) is 6. The minimum atomic E-state index is -1.11. The number of carbonyl (C=O) groups excluding carboxylic acids is 3. The van der Waals surface area contributed by atoms with Crippen molar-refractivity contribution in [1.29, 1.82) is 0 Å². The Hall–Kier alpha value is -4.28. The molecule has 3 aromatic rings. The highest BCUT2D eigenvalue weighted by atomic mass is 19.1. The molecule has 258 valence electrons. The highest BCUT2D eigenvalue weighted by Gasteiger charge is 2.53. The predicted molar refractivity (Wildman–Crippen MR) is 184 cm³/mol. The van der Waals surface area contributed by atoms with Crippen molar-refractivity contribution in [3.05, 3.63) is 101 Å². The number of ether oxygens (including phenoxy) is 1. The van der Waals surface area contributed by atoms with Crippen LogP contribution in [0.4, 0.5) is 4.39 Å². The van der Waals surface area contributed by atoms with Gasteiger partial charge in [-0.1, -0.05) is 80.9 Å². The summed E-state index contributed by atoms with van der Waals surface area (Å²) in [6, 6.07) is 21.8. The Balaban J connectivity index is 1.58. The van der Waals surface area contributed by atoms with E-state index in [4.69, 9.17) is 4.74 Å². The molecule has 1 heterocycles. The molecule has 48 heavy (non-hydrogen) atoms. The van der Waals surface area contributed by atoms with E-state index in [1.165, 1.54) is 13.0 Å². The van der Waals surface area contributed by atoms with Crippen molar-refractivity contribution < 1.29 is 28.6 Å². The molecule has 1 fully saturated rings. The van der Waals surface area contributed by atoms with E-state index in [-0.39, 0.29) is 30.7 Å². The zero-order valence-electron chi connectivity index (χ0n) is 28.4. The summed E-state index contributed by atoms with van der Waals surface area (Å²) in [6.07, 6.45) is 0.867. The lowest BCUT2D eigenvalue weighted by Gasteiger charge is -2.36. The minimum absolute atomic E-state index is 0.0441. The van der Waals surface area contributed by atoms with Crippen molar-refractivity contribution in [3.63, 3.8) is 0 Å². The number of aliphatic hydroxyl groups is 1. The van der Waals surface area contributed by atoms with Gasteiger partial charge in [0.15, 0.2) is 0 Å². The van der Waals surface area contributed by atoms with E-state index in [1.807, 2.05) is 68.4 Å². The van der Waals surface area contributed by atoms with Crippen LogP contribution in [0.5, 0.6) is 5.75 Å². The predicted octanol–water partition coefficient (Wildman–Crippen LogP) is 4.17. The summed E-state index contributed by atoms with van der Waals surface area (Å²) in [4.78, 5) is 42.4. The number of amides is 3. The van der Waals surface area contributed by atoms with Gasteiger partial charge in [0.1, 0.15) is 23.1 Å².